The number of aromatic nitrogens is 2. The first kappa shape index (κ1) is 23.0. The smallest absolute Gasteiger partial charge is 0.358 e. The van der Waals surface area contributed by atoms with Gasteiger partial charge in [0.25, 0.3) is 5.91 Å². The highest BCUT2D eigenvalue weighted by molar-refractivity contribution is 6.01. The molecule has 0 unspecified atom stereocenters. The average molecular weight is 453 g/mol. The van der Waals surface area contributed by atoms with Gasteiger partial charge in [0, 0.05) is 18.7 Å². The molecule has 1 saturated carbocycles. The quantitative estimate of drug-likeness (QED) is 0.680. The van der Waals surface area contributed by atoms with Crippen molar-refractivity contribution in [3.05, 3.63) is 52.8 Å². The summed E-state index contributed by atoms with van der Waals surface area (Å²) >= 11 is 0. The van der Waals surface area contributed by atoms with Crippen LogP contribution in [0.5, 0.6) is 0 Å². The number of ether oxygens (including phenoxy) is 1. The second kappa shape index (κ2) is 9.37. The summed E-state index contributed by atoms with van der Waals surface area (Å²) in [5, 5.41) is 7.47. The second-order valence-electron chi connectivity index (χ2n) is 9.21. The third-order valence-corrected chi connectivity index (χ3v) is 6.89. The molecule has 0 radical (unpaired) electrons. The van der Waals surface area contributed by atoms with E-state index in [1.807, 2.05) is 24.3 Å². The number of nitrogens with zero attached hydrogens (tertiary/aromatic N) is 3. The molecule has 1 aromatic heterocycles. The predicted octanol–water partition coefficient (Wildman–Crippen LogP) is 3.10. The topological polar surface area (TPSA) is 93.5 Å². The maximum Gasteiger partial charge on any atom is 0.358 e. The zero-order chi connectivity index (χ0) is 23.6. The molecule has 1 fully saturated rings. The van der Waals surface area contributed by atoms with E-state index >= 15 is 0 Å². The van der Waals surface area contributed by atoms with Crippen molar-refractivity contribution in [1.29, 1.82) is 0 Å². The fourth-order valence-electron chi connectivity index (χ4n) is 4.74. The number of methoxy groups -OCH3 is 1. The highest BCUT2D eigenvalue weighted by Gasteiger charge is 2.48. The Balaban J connectivity index is 1.68. The molecule has 0 saturated heterocycles. The van der Waals surface area contributed by atoms with Crippen LogP contribution in [0, 0.1) is 0 Å². The highest BCUT2D eigenvalue weighted by Crippen LogP contribution is 2.30. The molecule has 1 aromatic carbocycles. The number of carbonyl (C=O) groups is 3. The molecule has 2 aliphatic rings. The third kappa shape index (κ3) is 4.51. The summed E-state index contributed by atoms with van der Waals surface area (Å²) in [4.78, 5) is 40.9. The summed E-state index contributed by atoms with van der Waals surface area (Å²) < 4.78 is 6.24. The largest absolute Gasteiger partial charge is 0.464 e. The van der Waals surface area contributed by atoms with Gasteiger partial charge in [0.05, 0.1) is 13.7 Å². The number of carbonyl (C=O) groups excluding carboxylic acids is 3. The minimum absolute atomic E-state index is 0.0602. The third-order valence-electron chi connectivity index (χ3n) is 6.89. The van der Waals surface area contributed by atoms with E-state index in [2.05, 4.69) is 17.3 Å². The number of amides is 2. The predicted molar refractivity (Wildman–Crippen MR) is 123 cm³/mol. The van der Waals surface area contributed by atoms with Crippen LogP contribution in [0.1, 0.15) is 78.1 Å². The summed E-state index contributed by atoms with van der Waals surface area (Å²) in [5.74, 6) is -1.13. The zero-order valence-corrected chi connectivity index (χ0v) is 19.6. The van der Waals surface area contributed by atoms with Crippen molar-refractivity contribution in [2.24, 2.45) is 0 Å². The molecule has 1 N–H and O–H groups in total. The lowest BCUT2D eigenvalue weighted by molar-refractivity contribution is -0.134. The van der Waals surface area contributed by atoms with Crippen LogP contribution in [-0.2, 0) is 29.0 Å². The van der Waals surface area contributed by atoms with E-state index in [4.69, 9.17) is 4.74 Å². The van der Waals surface area contributed by atoms with Gasteiger partial charge < -0.3 is 15.0 Å². The molecular weight excluding hydrogens is 420 g/mol. The van der Waals surface area contributed by atoms with E-state index in [0.717, 1.165) is 37.7 Å². The van der Waals surface area contributed by atoms with Gasteiger partial charge in [-0.2, -0.15) is 5.10 Å². The van der Waals surface area contributed by atoms with Gasteiger partial charge in [0.15, 0.2) is 5.69 Å². The van der Waals surface area contributed by atoms with Gasteiger partial charge in [0.1, 0.15) is 11.2 Å². The van der Waals surface area contributed by atoms with Crippen molar-refractivity contribution >= 4 is 17.8 Å². The lowest BCUT2D eigenvalue weighted by Crippen LogP contribution is -2.64. The van der Waals surface area contributed by atoms with Gasteiger partial charge in [-0.3, -0.25) is 14.3 Å². The first-order chi connectivity index (χ1) is 15.9. The van der Waals surface area contributed by atoms with Crippen molar-refractivity contribution < 1.29 is 19.1 Å². The van der Waals surface area contributed by atoms with Crippen LogP contribution in [-0.4, -0.2) is 51.2 Å². The molecule has 0 bridgehead atoms. The van der Waals surface area contributed by atoms with Crippen LogP contribution in [0.25, 0.3) is 0 Å². The Hall–Kier alpha value is -3.16. The average Bonchev–Trinajstić information content (AvgIpc) is 3.26. The lowest BCUT2D eigenvalue weighted by Gasteiger charge is -2.44. The Morgan fingerprint density at radius 2 is 1.82 bits per heavy atom. The SMILES string of the molecule is CCc1ccc(CN2C(=O)c3cc(C(=O)OC)nn3C[C@@]2(C)C(=O)NC2CCCCC2)cc1. The summed E-state index contributed by atoms with van der Waals surface area (Å²) in [6.45, 7) is 4.33. The normalized spacial score (nSPS) is 20.9. The Morgan fingerprint density at radius 1 is 1.15 bits per heavy atom. The van der Waals surface area contributed by atoms with Crippen LogP contribution >= 0.6 is 0 Å². The summed E-state index contributed by atoms with van der Waals surface area (Å²) in [6, 6.07) is 9.65. The van der Waals surface area contributed by atoms with E-state index in [1.165, 1.54) is 29.8 Å². The second-order valence-corrected chi connectivity index (χ2v) is 9.21. The maximum atomic E-state index is 13.6. The van der Waals surface area contributed by atoms with Crippen molar-refractivity contribution in [3.63, 3.8) is 0 Å². The van der Waals surface area contributed by atoms with Crippen LogP contribution in [0.3, 0.4) is 0 Å². The van der Waals surface area contributed by atoms with Crippen LogP contribution in [0.15, 0.2) is 30.3 Å². The Labute approximate surface area is 194 Å². The molecule has 2 amide bonds. The van der Waals surface area contributed by atoms with E-state index in [0.29, 0.717) is 0 Å². The Kier molecular flexibility index (Phi) is 6.54. The van der Waals surface area contributed by atoms with Crippen LogP contribution in [0.2, 0.25) is 0 Å². The first-order valence-electron chi connectivity index (χ1n) is 11.7. The molecule has 2 aromatic rings. The lowest BCUT2D eigenvalue weighted by atomic mass is 9.91. The number of hydrogen-bond donors (Lipinski definition) is 1. The number of rotatable bonds is 6. The molecule has 2 heterocycles. The first-order valence-corrected chi connectivity index (χ1v) is 11.7. The number of fused-ring (bicyclic) bond motifs is 1. The summed E-state index contributed by atoms with van der Waals surface area (Å²) in [7, 11) is 1.27. The summed E-state index contributed by atoms with van der Waals surface area (Å²) in [5.41, 5.74) is 1.35. The van der Waals surface area contributed by atoms with Gasteiger partial charge in [-0.15, -0.1) is 0 Å². The van der Waals surface area contributed by atoms with Crippen molar-refractivity contribution in [1.82, 2.24) is 20.0 Å². The van der Waals surface area contributed by atoms with Crippen molar-refractivity contribution in [3.8, 4) is 0 Å². The minimum Gasteiger partial charge on any atom is -0.464 e. The zero-order valence-electron chi connectivity index (χ0n) is 19.6. The number of aryl methyl sites for hydroxylation is 1. The minimum atomic E-state index is -1.15. The Bertz CT molecular complexity index is 1040. The maximum absolute atomic E-state index is 13.6. The molecule has 8 heteroatoms. The molecule has 1 aliphatic carbocycles. The number of nitrogens with one attached hydrogen (secondary N) is 1. The number of hydrogen-bond acceptors (Lipinski definition) is 5. The molecule has 0 spiro atoms. The fraction of sp³-hybridized carbons (Fsp3) is 0.520. The van der Waals surface area contributed by atoms with Gasteiger partial charge in [-0.05, 0) is 37.3 Å². The van der Waals surface area contributed by atoms with E-state index in [-0.39, 0.29) is 42.3 Å². The van der Waals surface area contributed by atoms with Gasteiger partial charge in [0.2, 0.25) is 5.91 Å². The van der Waals surface area contributed by atoms with Gasteiger partial charge in [-0.1, -0.05) is 50.5 Å². The Morgan fingerprint density at radius 3 is 2.45 bits per heavy atom. The molecule has 1 atom stereocenters. The number of esters is 1. The molecule has 176 valence electrons. The summed E-state index contributed by atoms with van der Waals surface area (Å²) in [6.07, 6.45) is 6.22. The van der Waals surface area contributed by atoms with Crippen LogP contribution in [0.4, 0.5) is 0 Å². The fourth-order valence-corrected chi connectivity index (χ4v) is 4.74. The van der Waals surface area contributed by atoms with Crippen LogP contribution < -0.4 is 5.32 Å². The molecular formula is C25H32N4O4. The molecule has 8 nitrogen and oxygen atoms in total. The molecule has 4 rings (SSSR count). The van der Waals surface area contributed by atoms with E-state index in [1.54, 1.807) is 11.8 Å². The van der Waals surface area contributed by atoms with Crippen molar-refractivity contribution in [2.45, 2.75) is 77.0 Å². The monoisotopic (exact) mass is 452 g/mol. The van der Waals surface area contributed by atoms with Gasteiger partial charge >= 0.3 is 5.97 Å². The molecule has 33 heavy (non-hydrogen) atoms. The standard InChI is InChI=1S/C25H32N4O4/c1-4-17-10-12-18(13-11-17)15-28-22(30)21-14-20(23(31)33-3)27-29(21)16-25(28,2)24(32)26-19-8-6-5-7-9-19/h10-14,19H,4-9,15-16H2,1-3H3,(H,26,32)/t25-/m0/s1. The molecule has 1 aliphatic heterocycles. The van der Waals surface area contributed by atoms with E-state index < -0.39 is 11.5 Å². The van der Waals surface area contributed by atoms with Crippen molar-refractivity contribution in [2.75, 3.05) is 7.11 Å². The highest BCUT2D eigenvalue weighted by atomic mass is 16.5. The number of benzene rings is 1. The van der Waals surface area contributed by atoms with Gasteiger partial charge in [-0.25, -0.2) is 4.79 Å². The van der Waals surface area contributed by atoms with E-state index in [9.17, 15) is 14.4 Å².